The molecule has 0 aromatic heterocycles. The molecule has 1 N–H and O–H groups in total. The summed E-state index contributed by atoms with van der Waals surface area (Å²) in [5.41, 5.74) is 2.81. The molecular formula is C31H29ClN2O3. The molecule has 6 heteroatoms. The van der Waals surface area contributed by atoms with Gasteiger partial charge < -0.3 is 15.0 Å². The molecular weight excluding hydrogens is 484 g/mol. The number of amides is 2. The van der Waals surface area contributed by atoms with Crippen LogP contribution < -0.4 is 10.1 Å². The molecule has 0 saturated heterocycles. The van der Waals surface area contributed by atoms with Gasteiger partial charge >= 0.3 is 0 Å². The number of nitrogens with one attached hydrogen (secondary N) is 1. The van der Waals surface area contributed by atoms with Gasteiger partial charge in [-0.25, -0.2) is 0 Å². The highest BCUT2D eigenvalue weighted by Gasteiger charge is 2.30. The third kappa shape index (κ3) is 7.95. The number of carbonyl (C=O) groups excluding carboxylic acids is 2. The molecule has 4 aromatic rings. The molecule has 0 aliphatic carbocycles. The number of nitrogens with zero attached hydrogens (tertiary/aromatic N) is 1. The highest BCUT2D eigenvalue weighted by atomic mass is 35.5. The average molecular weight is 513 g/mol. The number of carbonyl (C=O) groups is 2. The average Bonchev–Trinajstić information content (AvgIpc) is 2.95. The van der Waals surface area contributed by atoms with Gasteiger partial charge in [-0.2, -0.15) is 0 Å². The molecule has 2 amide bonds. The van der Waals surface area contributed by atoms with Crippen LogP contribution in [-0.4, -0.2) is 29.4 Å². The molecule has 0 radical (unpaired) electrons. The highest BCUT2D eigenvalue weighted by Crippen LogP contribution is 2.18. The van der Waals surface area contributed by atoms with E-state index in [1.807, 2.05) is 91.0 Å². The Kier molecular flexibility index (Phi) is 9.33. The number of para-hydroxylation sites is 1. The van der Waals surface area contributed by atoms with Crippen molar-refractivity contribution < 1.29 is 14.3 Å². The Balaban J connectivity index is 1.60. The topological polar surface area (TPSA) is 58.6 Å². The monoisotopic (exact) mass is 512 g/mol. The number of hydrogen-bond donors (Lipinski definition) is 1. The van der Waals surface area contributed by atoms with Crippen LogP contribution in [0.25, 0.3) is 0 Å². The summed E-state index contributed by atoms with van der Waals surface area (Å²) in [5.74, 6) is 0.0831. The second-order valence-electron chi connectivity index (χ2n) is 8.66. The van der Waals surface area contributed by atoms with E-state index in [1.165, 1.54) is 0 Å². The molecule has 0 fully saturated rings. The van der Waals surface area contributed by atoms with Gasteiger partial charge in [0.25, 0.3) is 5.91 Å². The van der Waals surface area contributed by atoms with E-state index in [2.05, 4.69) is 5.32 Å². The van der Waals surface area contributed by atoms with E-state index in [9.17, 15) is 9.59 Å². The van der Waals surface area contributed by atoms with Crippen LogP contribution in [0.15, 0.2) is 115 Å². The number of rotatable bonds is 11. The molecule has 0 spiro atoms. The van der Waals surface area contributed by atoms with E-state index in [1.54, 1.807) is 29.2 Å². The van der Waals surface area contributed by atoms with E-state index in [0.717, 1.165) is 16.7 Å². The van der Waals surface area contributed by atoms with Crippen LogP contribution in [0.3, 0.4) is 0 Å². The zero-order valence-corrected chi connectivity index (χ0v) is 21.2. The lowest BCUT2D eigenvalue weighted by Crippen LogP contribution is -2.51. The Morgan fingerprint density at radius 1 is 0.730 bits per heavy atom. The Hall–Kier alpha value is -4.09. The molecule has 5 nitrogen and oxygen atoms in total. The van der Waals surface area contributed by atoms with E-state index in [4.69, 9.17) is 16.3 Å². The molecule has 0 unspecified atom stereocenters. The molecule has 4 aromatic carbocycles. The quantitative estimate of drug-likeness (QED) is 0.281. The molecule has 0 bridgehead atoms. The standard InChI is InChI=1S/C31H29ClN2O3/c32-27-18-16-26(17-19-27)22-34(30(35)23-37-28-14-8-3-9-15-28)29(20-24-10-4-1-5-11-24)31(36)33-21-25-12-6-2-7-13-25/h1-19,29H,20-23H2,(H,33,36)/t29-/m1/s1. The van der Waals surface area contributed by atoms with Crippen molar-refractivity contribution in [2.75, 3.05) is 6.61 Å². The Labute approximate surface area is 222 Å². The minimum absolute atomic E-state index is 0.186. The molecule has 188 valence electrons. The first kappa shape index (κ1) is 26.0. The second-order valence-corrected chi connectivity index (χ2v) is 9.10. The van der Waals surface area contributed by atoms with Crippen LogP contribution in [0.4, 0.5) is 0 Å². The van der Waals surface area contributed by atoms with Gasteiger partial charge in [0.2, 0.25) is 5.91 Å². The molecule has 0 saturated carbocycles. The van der Waals surface area contributed by atoms with Gasteiger partial charge in [-0.1, -0.05) is 103 Å². The lowest BCUT2D eigenvalue weighted by atomic mass is 10.0. The number of hydrogen-bond acceptors (Lipinski definition) is 3. The highest BCUT2D eigenvalue weighted by molar-refractivity contribution is 6.30. The van der Waals surface area contributed by atoms with Crippen molar-refractivity contribution in [2.45, 2.75) is 25.6 Å². The van der Waals surface area contributed by atoms with Gasteiger partial charge in [0.1, 0.15) is 11.8 Å². The van der Waals surface area contributed by atoms with Crippen molar-refractivity contribution in [3.63, 3.8) is 0 Å². The van der Waals surface area contributed by atoms with Gasteiger partial charge in [0, 0.05) is 24.5 Å². The van der Waals surface area contributed by atoms with E-state index < -0.39 is 6.04 Å². The smallest absolute Gasteiger partial charge is 0.261 e. The summed E-state index contributed by atoms with van der Waals surface area (Å²) in [6, 6.07) is 35.1. The predicted octanol–water partition coefficient (Wildman–Crippen LogP) is 5.68. The molecule has 4 rings (SSSR count). The van der Waals surface area contributed by atoms with Crippen LogP contribution in [-0.2, 0) is 29.1 Å². The molecule has 0 aliphatic heterocycles. The van der Waals surface area contributed by atoms with E-state index >= 15 is 0 Å². The lowest BCUT2D eigenvalue weighted by molar-refractivity contribution is -0.142. The summed E-state index contributed by atoms with van der Waals surface area (Å²) in [6.07, 6.45) is 0.367. The first-order chi connectivity index (χ1) is 18.1. The normalized spacial score (nSPS) is 11.4. The molecule has 37 heavy (non-hydrogen) atoms. The number of ether oxygens (including phenoxy) is 1. The first-order valence-electron chi connectivity index (χ1n) is 12.2. The van der Waals surface area contributed by atoms with Gasteiger partial charge in [-0.3, -0.25) is 9.59 Å². The van der Waals surface area contributed by atoms with Crippen molar-refractivity contribution in [1.82, 2.24) is 10.2 Å². The van der Waals surface area contributed by atoms with Crippen LogP contribution in [0.1, 0.15) is 16.7 Å². The Morgan fingerprint density at radius 3 is 1.92 bits per heavy atom. The fourth-order valence-electron chi connectivity index (χ4n) is 3.99. The lowest BCUT2D eigenvalue weighted by Gasteiger charge is -2.31. The molecule has 0 heterocycles. The van der Waals surface area contributed by atoms with Crippen LogP contribution in [0, 0.1) is 0 Å². The maximum Gasteiger partial charge on any atom is 0.261 e. The number of halogens is 1. The molecule has 1 atom stereocenters. The van der Waals surface area contributed by atoms with Gasteiger partial charge in [-0.15, -0.1) is 0 Å². The van der Waals surface area contributed by atoms with Crippen molar-refractivity contribution in [1.29, 1.82) is 0 Å². The third-order valence-electron chi connectivity index (χ3n) is 5.95. The fourth-order valence-corrected chi connectivity index (χ4v) is 4.11. The van der Waals surface area contributed by atoms with Crippen molar-refractivity contribution in [2.24, 2.45) is 0 Å². The second kappa shape index (κ2) is 13.3. The van der Waals surface area contributed by atoms with Crippen LogP contribution in [0.2, 0.25) is 5.02 Å². The SMILES string of the molecule is O=C(NCc1ccccc1)[C@@H](Cc1ccccc1)N(Cc1ccc(Cl)cc1)C(=O)COc1ccccc1. The molecule has 0 aliphatic rings. The summed E-state index contributed by atoms with van der Waals surface area (Å²) in [6.45, 7) is 0.424. The summed E-state index contributed by atoms with van der Waals surface area (Å²) in [4.78, 5) is 28.8. The van der Waals surface area contributed by atoms with Gasteiger partial charge in [0.05, 0.1) is 0 Å². The summed E-state index contributed by atoms with van der Waals surface area (Å²) < 4.78 is 5.77. The van der Waals surface area contributed by atoms with Crippen LogP contribution >= 0.6 is 11.6 Å². The fraction of sp³-hybridized carbons (Fsp3) is 0.161. The summed E-state index contributed by atoms with van der Waals surface area (Å²) >= 11 is 6.08. The number of benzene rings is 4. The van der Waals surface area contributed by atoms with Gasteiger partial charge in [-0.05, 0) is 41.0 Å². The zero-order valence-electron chi connectivity index (χ0n) is 20.4. The van der Waals surface area contributed by atoms with Gasteiger partial charge in [0.15, 0.2) is 6.61 Å². The van der Waals surface area contributed by atoms with Crippen molar-refractivity contribution >= 4 is 23.4 Å². The Bertz CT molecular complexity index is 1270. The maximum atomic E-state index is 13.6. The first-order valence-corrected chi connectivity index (χ1v) is 12.5. The third-order valence-corrected chi connectivity index (χ3v) is 6.20. The minimum Gasteiger partial charge on any atom is -0.484 e. The van der Waals surface area contributed by atoms with Crippen molar-refractivity contribution in [3.05, 3.63) is 137 Å². The van der Waals surface area contributed by atoms with E-state index in [-0.39, 0.29) is 25.0 Å². The van der Waals surface area contributed by atoms with Crippen LogP contribution in [0.5, 0.6) is 5.75 Å². The predicted molar refractivity (Wildman–Crippen MR) is 146 cm³/mol. The van der Waals surface area contributed by atoms with Crippen molar-refractivity contribution in [3.8, 4) is 5.75 Å². The Morgan fingerprint density at radius 2 is 1.30 bits per heavy atom. The minimum atomic E-state index is -0.742. The maximum absolute atomic E-state index is 13.6. The summed E-state index contributed by atoms with van der Waals surface area (Å²) in [7, 11) is 0. The largest absolute Gasteiger partial charge is 0.484 e. The summed E-state index contributed by atoms with van der Waals surface area (Å²) in [5, 5.41) is 3.64. The van der Waals surface area contributed by atoms with E-state index in [0.29, 0.717) is 23.7 Å². The zero-order chi connectivity index (χ0) is 25.9.